The Kier molecular flexibility index (Phi) is 3.46. The van der Waals surface area contributed by atoms with Crippen molar-refractivity contribution in [3.8, 4) is 0 Å². The van der Waals surface area contributed by atoms with Crippen molar-refractivity contribution in [2.45, 2.75) is 39.0 Å². The smallest absolute Gasteiger partial charge is 0.306 e. The lowest BCUT2D eigenvalue weighted by atomic mass is 9.69. The third-order valence-corrected chi connectivity index (χ3v) is 3.87. The summed E-state index contributed by atoms with van der Waals surface area (Å²) in [6.07, 6.45) is 7.83. The molecule has 2 rings (SSSR count). The second-order valence-electron chi connectivity index (χ2n) is 4.91. The summed E-state index contributed by atoms with van der Waals surface area (Å²) in [6, 6.07) is 0. The van der Waals surface area contributed by atoms with Crippen LogP contribution in [0.5, 0.6) is 0 Å². The molecule has 1 N–H and O–H groups in total. The van der Waals surface area contributed by atoms with Crippen LogP contribution in [-0.4, -0.2) is 16.9 Å². The van der Waals surface area contributed by atoms with Crippen LogP contribution in [0.15, 0.2) is 23.3 Å². The van der Waals surface area contributed by atoms with Crippen LogP contribution in [0.4, 0.5) is 0 Å². The molecule has 17 heavy (non-hydrogen) atoms. The number of aliphatic carboxylic acids is 1. The van der Waals surface area contributed by atoms with Crippen molar-refractivity contribution in [1.29, 1.82) is 0 Å². The maximum absolute atomic E-state index is 11.5. The van der Waals surface area contributed by atoms with Crippen LogP contribution < -0.4 is 0 Å². The second-order valence-corrected chi connectivity index (χ2v) is 4.91. The van der Waals surface area contributed by atoms with Gasteiger partial charge in [0.15, 0.2) is 5.78 Å². The number of hydrogen-bond acceptors (Lipinski definition) is 2. The molecule has 3 nitrogen and oxygen atoms in total. The molecule has 0 aromatic heterocycles. The van der Waals surface area contributed by atoms with Crippen molar-refractivity contribution >= 4 is 11.8 Å². The SMILES string of the molecule is CCC(=O)C1=CC=C(C2CC(C(=O)O)C2)CC1. The first-order valence-corrected chi connectivity index (χ1v) is 6.27. The Morgan fingerprint density at radius 3 is 2.47 bits per heavy atom. The maximum Gasteiger partial charge on any atom is 0.306 e. The van der Waals surface area contributed by atoms with E-state index in [9.17, 15) is 9.59 Å². The van der Waals surface area contributed by atoms with Gasteiger partial charge in [0.1, 0.15) is 0 Å². The van der Waals surface area contributed by atoms with Crippen molar-refractivity contribution < 1.29 is 14.7 Å². The topological polar surface area (TPSA) is 54.4 Å². The molecule has 0 atom stereocenters. The zero-order valence-electron chi connectivity index (χ0n) is 10.1. The van der Waals surface area contributed by atoms with Crippen molar-refractivity contribution in [1.82, 2.24) is 0 Å². The molecule has 1 saturated carbocycles. The average molecular weight is 234 g/mol. The van der Waals surface area contributed by atoms with Crippen molar-refractivity contribution in [2.24, 2.45) is 11.8 Å². The van der Waals surface area contributed by atoms with E-state index in [2.05, 4.69) is 0 Å². The highest BCUT2D eigenvalue weighted by molar-refractivity contribution is 5.95. The minimum atomic E-state index is -0.671. The summed E-state index contributed by atoms with van der Waals surface area (Å²) in [4.78, 5) is 22.2. The minimum absolute atomic E-state index is 0.149. The second kappa shape index (κ2) is 4.86. The van der Waals surface area contributed by atoms with E-state index in [4.69, 9.17) is 5.11 Å². The van der Waals surface area contributed by atoms with E-state index in [1.807, 2.05) is 19.1 Å². The molecule has 0 bridgehead atoms. The van der Waals surface area contributed by atoms with Gasteiger partial charge in [-0.3, -0.25) is 9.59 Å². The van der Waals surface area contributed by atoms with E-state index in [-0.39, 0.29) is 11.7 Å². The molecule has 0 spiro atoms. The molecule has 3 heteroatoms. The van der Waals surface area contributed by atoms with E-state index < -0.39 is 5.97 Å². The molecule has 0 aromatic rings. The molecule has 2 aliphatic rings. The number of carbonyl (C=O) groups excluding carboxylic acids is 1. The van der Waals surface area contributed by atoms with Gasteiger partial charge in [-0.25, -0.2) is 0 Å². The molecule has 92 valence electrons. The predicted molar refractivity (Wildman–Crippen MR) is 64.5 cm³/mol. The summed E-state index contributed by atoms with van der Waals surface area (Å²) in [5, 5.41) is 8.82. The molecular weight excluding hydrogens is 216 g/mol. The highest BCUT2D eigenvalue weighted by Crippen LogP contribution is 2.41. The Morgan fingerprint density at radius 2 is 2.00 bits per heavy atom. The number of allylic oxidation sites excluding steroid dienone is 4. The van der Waals surface area contributed by atoms with Crippen LogP contribution in [0.3, 0.4) is 0 Å². The van der Waals surface area contributed by atoms with E-state index in [0.717, 1.165) is 31.3 Å². The molecule has 2 aliphatic carbocycles. The molecule has 1 fully saturated rings. The quantitative estimate of drug-likeness (QED) is 0.813. The summed E-state index contributed by atoms with van der Waals surface area (Å²) in [5.74, 6) is -0.151. The number of carboxylic acid groups (broad SMARTS) is 1. The largest absolute Gasteiger partial charge is 0.481 e. The van der Waals surface area contributed by atoms with E-state index >= 15 is 0 Å². The van der Waals surface area contributed by atoms with Crippen LogP contribution in [0.1, 0.15) is 39.0 Å². The number of carbonyl (C=O) groups is 2. The van der Waals surface area contributed by atoms with Gasteiger partial charge >= 0.3 is 5.97 Å². The summed E-state index contributed by atoms with van der Waals surface area (Å²) in [7, 11) is 0. The van der Waals surface area contributed by atoms with Gasteiger partial charge in [0, 0.05) is 6.42 Å². The standard InChI is InChI=1S/C14H18O3/c1-2-13(15)10-5-3-9(4-6-10)11-7-12(8-11)14(16)17/h3,5,11-12H,2,4,6-8H2,1H3,(H,16,17). The summed E-state index contributed by atoms with van der Waals surface area (Å²) >= 11 is 0. The van der Waals surface area contributed by atoms with E-state index in [1.54, 1.807) is 0 Å². The lowest BCUT2D eigenvalue weighted by Crippen LogP contribution is -2.31. The Hall–Kier alpha value is -1.38. The van der Waals surface area contributed by atoms with Gasteiger partial charge in [0.05, 0.1) is 5.92 Å². The third kappa shape index (κ3) is 2.48. The fraction of sp³-hybridized carbons (Fsp3) is 0.571. The first kappa shape index (κ1) is 12.1. The Labute approximate surface area is 101 Å². The van der Waals surface area contributed by atoms with Gasteiger partial charge in [-0.05, 0) is 37.2 Å². The first-order chi connectivity index (χ1) is 8.11. The number of rotatable bonds is 4. The fourth-order valence-corrected chi connectivity index (χ4v) is 2.58. The van der Waals surface area contributed by atoms with Gasteiger partial charge in [0.2, 0.25) is 0 Å². The molecule has 0 unspecified atom stereocenters. The summed E-state index contributed by atoms with van der Waals surface area (Å²) in [6.45, 7) is 1.88. The fourth-order valence-electron chi connectivity index (χ4n) is 2.58. The maximum atomic E-state index is 11.5. The first-order valence-electron chi connectivity index (χ1n) is 6.27. The summed E-state index contributed by atoms with van der Waals surface area (Å²) < 4.78 is 0. The highest BCUT2D eigenvalue weighted by atomic mass is 16.4. The Morgan fingerprint density at radius 1 is 1.29 bits per heavy atom. The number of ketones is 1. The molecule has 0 saturated heterocycles. The van der Waals surface area contributed by atoms with E-state index in [1.165, 1.54) is 5.57 Å². The van der Waals surface area contributed by atoms with Gasteiger partial charge in [-0.15, -0.1) is 0 Å². The molecule has 0 aliphatic heterocycles. The molecule has 0 heterocycles. The van der Waals surface area contributed by atoms with Crippen LogP contribution in [-0.2, 0) is 9.59 Å². The zero-order chi connectivity index (χ0) is 12.4. The highest BCUT2D eigenvalue weighted by Gasteiger charge is 2.36. The molecule has 0 amide bonds. The van der Waals surface area contributed by atoms with Crippen LogP contribution >= 0.6 is 0 Å². The summed E-state index contributed by atoms with van der Waals surface area (Å²) in [5.41, 5.74) is 2.25. The number of hydrogen-bond donors (Lipinski definition) is 1. The lowest BCUT2D eigenvalue weighted by Gasteiger charge is -2.35. The molecule has 0 radical (unpaired) electrons. The normalized spacial score (nSPS) is 27.8. The van der Waals surface area contributed by atoms with Crippen LogP contribution in [0, 0.1) is 11.8 Å². The van der Waals surface area contributed by atoms with Gasteiger partial charge < -0.3 is 5.11 Å². The van der Waals surface area contributed by atoms with Crippen molar-refractivity contribution in [3.05, 3.63) is 23.3 Å². The molecule has 0 aromatic carbocycles. The minimum Gasteiger partial charge on any atom is -0.481 e. The van der Waals surface area contributed by atoms with Crippen LogP contribution in [0.2, 0.25) is 0 Å². The predicted octanol–water partition coefficient (Wildman–Crippen LogP) is 2.72. The lowest BCUT2D eigenvalue weighted by molar-refractivity contribution is -0.145. The van der Waals surface area contributed by atoms with Crippen molar-refractivity contribution in [3.63, 3.8) is 0 Å². The van der Waals surface area contributed by atoms with Crippen LogP contribution in [0.25, 0.3) is 0 Å². The monoisotopic (exact) mass is 234 g/mol. The Bertz CT molecular complexity index is 398. The number of carboxylic acids is 1. The van der Waals surface area contributed by atoms with E-state index in [0.29, 0.717) is 12.3 Å². The average Bonchev–Trinajstić information content (AvgIpc) is 2.26. The Balaban J connectivity index is 1.93. The third-order valence-electron chi connectivity index (χ3n) is 3.87. The number of Topliss-reactive ketones (excluding diaryl/α,β-unsaturated/α-hetero) is 1. The van der Waals surface area contributed by atoms with Crippen molar-refractivity contribution in [2.75, 3.05) is 0 Å². The van der Waals surface area contributed by atoms with Gasteiger partial charge in [0.25, 0.3) is 0 Å². The van der Waals surface area contributed by atoms with Gasteiger partial charge in [-0.1, -0.05) is 24.6 Å². The zero-order valence-corrected chi connectivity index (χ0v) is 10.1. The van der Waals surface area contributed by atoms with Gasteiger partial charge in [-0.2, -0.15) is 0 Å². The molecular formula is C14H18O3.